The summed E-state index contributed by atoms with van der Waals surface area (Å²) < 4.78 is 43.3. The molecule has 0 aromatic heterocycles. The van der Waals surface area contributed by atoms with Gasteiger partial charge in [0.05, 0.1) is 106 Å². The van der Waals surface area contributed by atoms with Gasteiger partial charge in [-0.25, -0.2) is 9.59 Å². The van der Waals surface area contributed by atoms with E-state index in [4.69, 9.17) is 48.1 Å². The smallest absolute Gasteiger partial charge is 0.404 e. The van der Waals surface area contributed by atoms with E-state index in [1.807, 2.05) is 0 Å². The minimum absolute atomic E-state index is 0.157. The lowest BCUT2D eigenvalue weighted by molar-refractivity contribution is -0.123. The number of nitrogens with one attached hydrogen (secondary N) is 5. The molecule has 4 amide bonds. The molecule has 276 valence electrons. The van der Waals surface area contributed by atoms with Crippen molar-refractivity contribution in [3.05, 3.63) is 0 Å². The fraction of sp³-hybridized carbons (Fsp3) is 0.857. The summed E-state index contributed by atoms with van der Waals surface area (Å²) in [6.45, 7) is 9.01. The highest BCUT2D eigenvalue weighted by Gasteiger charge is 2.03. The van der Waals surface area contributed by atoms with Crippen molar-refractivity contribution < 1.29 is 67.3 Å². The standard InChI is InChI=1S/C28H55N5O14/c34-25(30-3-5-32-27(36)37)1-9-40-13-17-44-21-23-46-19-15-42-11-7-29-8-12-43-16-20-47-24-22-45-18-14-41-10-2-26(35)31-4-6-33-28(38)39/h29,32-33H,1-24H2,(H,30,34)(H,31,35)(H,36,37)(H,38,39). The molecule has 0 aromatic rings. The summed E-state index contributed by atoms with van der Waals surface area (Å²) >= 11 is 0. The summed E-state index contributed by atoms with van der Waals surface area (Å²) in [5.74, 6) is -0.410. The van der Waals surface area contributed by atoms with Gasteiger partial charge < -0.3 is 74.7 Å². The number of carbonyl (C=O) groups is 4. The first kappa shape index (κ1) is 44.1. The van der Waals surface area contributed by atoms with Crippen LogP contribution in [0.2, 0.25) is 0 Å². The Bertz CT molecular complexity index is 709. The number of carboxylic acid groups (broad SMARTS) is 2. The van der Waals surface area contributed by atoms with Crippen molar-refractivity contribution in [3.63, 3.8) is 0 Å². The van der Waals surface area contributed by atoms with Crippen LogP contribution in [-0.4, -0.2) is 179 Å². The maximum atomic E-state index is 11.5. The quantitative estimate of drug-likeness (QED) is 0.0362. The molecule has 0 saturated carbocycles. The van der Waals surface area contributed by atoms with Gasteiger partial charge in [-0.15, -0.1) is 0 Å². The van der Waals surface area contributed by atoms with Gasteiger partial charge in [0.1, 0.15) is 0 Å². The number of hydrogen-bond donors (Lipinski definition) is 7. The van der Waals surface area contributed by atoms with Gasteiger partial charge in [0, 0.05) is 52.1 Å². The van der Waals surface area contributed by atoms with Crippen LogP contribution in [0.25, 0.3) is 0 Å². The molecule has 0 atom stereocenters. The number of hydrogen-bond acceptors (Lipinski definition) is 13. The van der Waals surface area contributed by atoms with Crippen LogP contribution in [0.1, 0.15) is 12.8 Å². The normalized spacial score (nSPS) is 10.9. The second kappa shape index (κ2) is 36.0. The zero-order chi connectivity index (χ0) is 34.5. The largest absolute Gasteiger partial charge is 0.465 e. The number of rotatable bonds is 36. The zero-order valence-electron chi connectivity index (χ0n) is 27.3. The van der Waals surface area contributed by atoms with Crippen LogP contribution in [0.3, 0.4) is 0 Å². The summed E-state index contributed by atoms with van der Waals surface area (Å²) in [6, 6.07) is 0. The maximum Gasteiger partial charge on any atom is 0.404 e. The van der Waals surface area contributed by atoms with E-state index >= 15 is 0 Å². The van der Waals surface area contributed by atoms with Crippen LogP contribution in [0.5, 0.6) is 0 Å². The van der Waals surface area contributed by atoms with E-state index in [1.54, 1.807) is 0 Å². The van der Waals surface area contributed by atoms with Crippen LogP contribution < -0.4 is 26.6 Å². The van der Waals surface area contributed by atoms with Crippen LogP contribution in [0.4, 0.5) is 9.59 Å². The van der Waals surface area contributed by atoms with Gasteiger partial charge >= 0.3 is 12.2 Å². The molecule has 0 heterocycles. The second-order valence-electron chi connectivity index (χ2n) is 9.31. The summed E-state index contributed by atoms with van der Waals surface area (Å²) in [7, 11) is 0. The lowest BCUT2D eigenvalue weighted by atomic mass is 10.4. The monoisotopic (exact) mass is 685 g/mol. The lowest BCUT2D eigenvalue weighted by Crippen LogP contribution is -2.34. The Morgan fingerprint density at radius 1 is 0.340 bits per heavy atom. The summed E-state index contributed by atoms with van der Waals surface area (Å²) in [5, 5.41) is 29.6. The van der Waals surface area contributed by atoms with Crippen LogP contribution in [0.15, 0.2) is 0 Å². The molecule has 7 N–H and O–H groups in total. The van der Waals surface area contributed by atoms with Gasteiger partial charge in [0.25, 0.3) is 0 Å². The molecule has 19 heteroatoms. The highest BCUT2D eigenvalue weighted by atomic mass is 16.6. The molecule has 0 bridgehead atoms. The van der Waals surface area contributed by atoms with Crippen molar-refractivity contribution in [1.82, 2.24) is 26.6 Å². The molecule has 0 aliphatic heterocycles. The van der Waals surface area contributed by atoms with Gasteiger partial charge in [-0.1, -0.05) is 0 Å². The predicted molar refractivity (Wildman–Crippen MR) is 167 cm³/mol. The number of carbonyl (C=O) groups excluding carboxylic acids is 2. The van der Waals surface area contributed by atoms with Gasteiger partial charge in [-0.3, -0.25) is 9.59 Å². The summed E-state index contributed by atoms with van der Waals surface area (Å²) in [4.78, 5) is 43.6. The predicted octanol–water partition coefficient (Wildman–Crippen LogP) is -1.74. The summed E-state index contributed by atoms with van der Waals surface area (Å²) in [6.07, 6.45) is -1.86. The SMILES string of the molecule is O=C(O)NCCNC(=O)CCOCCOCCOCCOCCNCCOCCOCCOCCOCCC(=O)NCCNC(=O)O. The van der Waals surface area contributed by atoms with Crippen molar-refractivity contribution in [3.8, 4) is 0 Å². The van der Waals surface area contributed by atoms with Crippen molar-refractivity contribution >= 4 is 24.0 Å². The molecular formula is C28H55N5O14. The van der Waals surface area contributed by atoms with Crippen molar-refractivity contribution in [2.24, 2.45) is 0 Å². The Balaban J connectivity index is 3.15. The first-order valence-electron chi connectivity index (χ1n) is 15.7. The Morgan fingerprint density at radius 2 is 0.596 bits per heavy atom. The Kier molecular flexibility index (Phi) is 33.8. The molecule has 0 radical (unpaired) electrons. The highest BCUT2D eigenvalue weighted by molar-refractivity contribution is 5.76. The fourth-order valence-electron chi connectivity index (χ4n) is 3.19. The summed E-state index contributed by atoms with van der Waals surface area (Å²) in [5.41, 5.74) is 0. The van der Waals surface area contributed by atoms with Gasteiger partial charge in [0.15, 0.2) is 0 Å². The third-order valence-corrected chi connectivity index (χ3v) is 5.47. The average Bonchev–Trinajstić information content (AvgIpc) is 3.04. The fourth-order valence-corrected chi connectivity index (χ4v) is 3.19. The molecule has 0 aromatic carbocycles. The maximum absolute atomic E-state index is 11.5. The van der Waals surface area contributed by atoms with E-state index in [0.29, 0.717) is 106 Å². The number of ether oxygens (including phenoxy) is 8. The lowest BCUT2D eigenvalue weighted by Gasteiger charge is -2.09. The van der Waals surface area contributed by atoms with Gasteiger partial charge in [0.2, 0.25) is 11.8 Å². The first-order chi connectivity index (χ1) is 22.9. The van der Waals surface area contributed by atoms with Gasteiger partial charge in [-0.05, 0) is 0 Å². The molecular weight excluding hydrogens is 630 g/mol. The van der Waals surface area contributed by atoms with Crippen molar-refractivity contribution in [2.75, 3.05) is 145 Å². The molecule has 0 saturated heterocycles. The van der Waals surface area contributed by atoms with Gasteiger partial charge in [-0.2, -0.15) is 0 Å². The molecule has 0 spiro atoms. The molecule has 0 unspecified atom stereocenters. The molecule has 0 aliphatic carbocycles. The molecule has 19 nitrogen and oxygen atoms in total. The van der Waals surface area contributed by atoms with E-state index in [-0.39, 0.29) is 64.0 Å². The van der Waals surface area contributed by atoms with E-state index < -0.39 is 12.2 Å². The minimum atomic E-state index is -1.13. The highest BCUT2D eigenvalue weighted by Crippen LogP contribution is 1.88. The van der Waals surface area contributed by atoms with Crippen LogP contribution >= 0.6 is 0 Å². The van der Waals surface area contributed by atoms with Crippen LogP contribution in [0, 0.1) is 0 Å². The molecule has 0 aliphatic rings. The molecule has 0 rings (SSSR count). The number of amides is 4. The second-order valence-corrected chi connectivity index (χ2v) is 9.31. The van der Waals surface area contributed by atoms with E-state index in [1.165, 1.54) is 0 Å². The Morgan fingerprint density at radius 3 is 0.894 bits per heavy atom. The Hall–Kier alpha value is -2.88. The molecule has 47 heavy (non-hydrogen) atoms. The third-order valence-electron chi connectivity index (χ3n) is 5.47. The van der Waals surface area contributed by atoms with Crippen molar-refractivity contribution in [1.29, 1.82) is 0 Å². The average molecular weight is 686 g/mol. The van der Waals surface area contributed by atoms with Crippen LogP contribution in [-0.2, 0) is 47.5 Å². The Labute approximate surface area is 275 Å². The third kappa shape index (κ3) is 39.2. The molecule has 0 fully saturated rings. The van der Waals surface area contributed by atoms with E-state index in [0.717, 1.165) is 0 Å². The van der Waals surface area contributed by atoms with Crippen molar-refractivity contribution in [2.45, 2.75) is 12.8 Å². The first-order valence-corrected chi connectivity index (χ1v) is 15.7. The van der Waals surface area contributed by atoms with E-state index in [2.05, 4.69) is 26.6 Å². The topological polar surface area (TPSA) is 243 Å². The minimum Gasteiger partial charge on any atom is -0.465 e. The van der Waals surface area contributed by atoms with E-state index in [9.17, 15) is 19.2 Å². The zero-order valence-corrected chi connectivity index (χ0v) is 27.3.